The van der Waals surface area contributed by atoms with E-state index in [2.05, 4.69) is 4.98 Å². The van der Waals surface area contributed by atoms with Gasteiger partial charge in [0.25, 0.3) is 0 Å². The lowest BCUT2D eigenvalue weighted by Crippen LogP contribution is -1.87. The van der Waals surface area contributed by atoms with Crippen LogP contribution < -0.4 is 4.74 Å². The van der Waals surface area contributed by atoms with E-state index in [-0.39, 0.29) is 0 Å². The Morgan fingerprint density at radius 1 is 1.29 bits per heavy atom. The van der Waals surface area contributed by atoms with Crippen LogP contribution in [0.15, 0.2) is 35.1 Å². The third-order valence-electron chi connectivity index (χ3n) is 2.39. The third kappa shape index (κ3) is 1.02. The number of hydrogen-bond donors (Lipinski definition) is 0. The summed E-state index contributed by atoms with van der Waals surface area (Å²) in [6.45, 7) is 0.722. The molecule has 0 N–H and O–H groups in total. The highest BCUT2D eigenvalue weighted by atomic mass is 16.5. The third-order valence-corrected chi connectivity index (χ3v) is 2.39. The maximum absolute atomic E-state index is 5.38. The molecule has 3 heteroatoms. The highest BCUT2D eigenvalue weighted by Crippen LogP contribution is 2.32. The van der Waals surface area contributed by atoms with Gasteiger partial charge in [-0.1, -0.05) is 0 Å². The molecule has 2 aromatic rings. The zero-order chi connectivity index (χ0) is 9.38. The van der Waals surface area contributed by atoms with Crippen LogP contribution in [-0.2, 0) is 6.42 Å². The van der Waals surface area contributed by atoms with Crippen molar-refractivity contribution >= 4 is 0 Å². The summed E-state index contributed by atoms with van der Waals surface area (Å²) in [6.07, 6.45) is 4.35. The summed E-state index contributed by atoms with van der Waals surface area (Å²) in [7, 11) is 0. The summed E-state index contributed by atoms with van der Waals surface area (Å²) >= 11 is 0. The summed E-state index contributed by atoms with van der Waals surface area (Å²) in [5, 5.41) is 0. The van der Waals surface area contributed by atoms with E-state index in [1.54, 1.807) is 12.5 Å². The molecule has 0 atom stereocenters. The van der Waals surface area contributed by atoms with Crippen molar-refractivity contribution in [2.75, 3.05) is 6.61 Å². The summed E-state index contributed by atoms with van der Waals surface area (Å²) < 4.78 is 10.7. The average molecular weight is 187 g/mol. The predicted octanol–water partition coefficient (Wildman–Crippen LogP) is 2.28. The normalized spacial score (nSPS) is 13.7. The van der Waals surface area contributed by atoms with Crippen molar-refractivity contribution in [1.82, 2.24) is 4.98 Å². The van der Waals surface area contributed by atoms with E-state index in [1.165, 1.54) is 0 Å². The molecular weight excluding hydrogens is 178 g/mol. The molecule has 3 heterocycles. The summed E-state index contributed by atoms with van der Waals surface area (Å²) in [6, 6.07) is 5.80. The van der Waals surface area contributed by atoms with Gasteiger partial charge >= 0.3 is 0 Å². The van der Waals surface area contributed by atoms with E-state index in [0.29, 0.717) is 0 Å². The lowest BCUT2D eigenvalue weighted by molar-refractivity contribution is 0.345. The first kappa shape index (κ1) is 7.62. The minimum atomic E-state index is 0.722. The Labute approximate surface area is 81.3 Å². The van der Waals surface area contributed by atoms with Gasteiger partial charge in [0.15, 0.2) is 0 Å². The van der Waals surface area contributed by atoms with Crippen molar-refractivity contribution in [3.05, 3.63) is 36.2 Å². The molecule has 3 nitrogen and oxygen atoms in total. The average Bonchev–Trinajstić information content (AvgIpc) is 2.88. The number of aromatic nitrogens is 1. The van der Waals surface area contributed by atoms with Crippen LogP contribution in [0.3, 0.4) is 0 Å². The number of rotatable bonds is 1. The topological polar surface area (TPSA) is 35.3 Å². The second-order valence-corrected chi connectivity index (χ2v) is 3.22. The number of ether oxygens (including phenoxy) is 1. The fourth-order valence-corrected chi connectivity index (χ4v) is 1.75. The van der Waals surface area contributed by atoms with Crippen LogP contribution in [0.25, 0.3) is 11.3 Å². The van der Waals surface area contributed by atoms with Crippen molar-refractivity contribution < 1.29 is 9.15 Å². The summed E-state index contributed by atoms with van der Waals surface area (Å²) in [5.74, 6) is 1.63. The molecular formula is C11H9NO2. The molecule has 0 fully saturated rings. The van der Waals surface area contributed by atoms with Crippen LogP contribution in [0.4, 0.5) is 0 Å². The first-order chi connectivity index (χ1) is 6.95. The molecule has 0 spiro atoms. The Morgan fingerprint density at radius 3 is 3.14 bits per heavy atom. The molecule has 0 radical (unpaired) electrons. The fourth-order valence-electron chi connectivity index (χ4n) is 1.75. The van der Waals surface area contributed by atoms with E-state index in [1.807, 2.05) is 18.2 Å². The van der Waals surface area contributed by atoms with Crippen molar-refractivity contribution in [3.8, 4) is 17.2 Å². The second-order valence-electron chi connectivity index (χ2n) is 3.22. The first-order valence-electron chi connectivity index (χ1n) is 4.60. The molecule has 1 aliphatic heterocycles. The van der Waals surface area contributed by atoms with Gasteiger partial charge in [0.05, 0.1) is 12.9 Å². The molecule has 3 rings (SSSR count). The van der Waals surface area contributed by atoms with Gasteiger partial charge < -0.3 is 9.15 Å². The minimum absolute atomic E-state index is 0.722. The van der Waals surface area contributed by atoms with Gasteiger partial charge in [-0.05, 0) is 18.2 Å². The number of fused-ring (bicyclic) bond motifs is 1. The Kier molecular flexibility index (Phi) is 1.56. The Morgan fingerprint density at radius 2 is 2.29 bits per heavy atom. The summed E-state index contributed by atoms with van der Waals surface area (Å²) in [4.78, 5) is 4.17. The minimum Gasteiger partial charge on any atom is -0.477 e. The van der Waals surface area contributed by atoms with Gasteiger partial charge in [-0.25, -0.2) is 4.98 Å². The maximum atomic E-state index is 5.38. The van der Waals surface area contributed by atoms with Crippen LogP contribution in [0.5, 0.6) is 5.88 Å². The van der Waals surface area contributed by atoms with Crippen LogP contribution in [0, 0.1) is 0 Å². The van der Waals surface area contributed by atoms with E-state index in [4.69, 9.17) is 9.15 Å². The highest BCUT2D eigenvalue weighted by Gasteiger charge is 2.18. The van der Waals surface area contributed by atoms with Gasteiger partial charge in [-0.3, -0.25) is 0 Å². The number of furan rings is 1. The van der Waals surface area contributed by atoms with Crippen LogP contribution in [0.1, 0.15) is 5.56 Å². The highest BCUT2D eigenvalue weighted by molar-refractivity contribution is 5.64. The van der Waals surface area contributed by atoms with E-state index >= 15 is 0 Å². The first-order valence-corrected chi connectivity index (χ1v) is 4.60. The molecule has 2 aromatic heterocycles. The molecule has 0 saturated heterocycles. The van der Waals surface area contributed by atoms with Crippen molar-refractivity contribution in [3.63, 3.8) is 0 Å². The molecule has 0 aromatic carbocycles. The molecule has 1 aliphatic rings. The Balaban J connectivity index is 2.20. The molecule has 0 saturated carbocycles. The van der Waals surface area contributed by atoms with Crippen molar-refractivity contribution in [2.24, 2.45) is 0 Å². The monoisotopic (exact) mass is 187 g/mol. The van der Waals surface area contributed by atoms with Crippen molar-refractivity contribution in [1.29, 1.82) is 0 Å². The SMILES string of the molecule is c1coc(-c2ccnc3c2CCO3)c1. The Bertz CT molecular complexity index is 448. The lowest BCUT2D eigenvalue weighted by atomic mass is 10.1. The quantitative estimate of drug-likeness (QED) is 0.687. The maximum Gasteiger partial charge on any atom is 0.217 e. The number of pyridine rings is 1. The largest absolute Gasteiger partial charge is 0.477 e. The van der Waals surface area contributed by atoms with Gasteiger partial charge in [0.2, 0.25) is 5.88 Å². The predicted molar refractivity (Wildman–Crippen MR) is 51.1 cm³/mol. The van der Waals surface area contributed by atoms with Gasteiger partial charge in [0, 0.05) is 23.7 Å². The van der Waals surface area contributed by atoms with E-state index in [9.17, 15) is 0 Å². The van der Waals surface area contributed by atoms with E-state index < -0.39 is 0 Å². The standard InChI is InChI=1S/C11H9NO2/c1-2-10(13-6-1)8-3-5-12-11-9(8)4-7-14-11/h1-3,5-6H,4,7H2. The molecule has 0 aliphatic carbocycles. The number of nitrogens with zero attached hydrogens (tertiary/aromatic N) is 1. The summed E-state index contributed by atoms with van der Waals surface area (Å²) in [5.41, 5.74) is 2.25. The van der Waals surface area contributed by atoms with Crippen LogP contribution in [0.2, 0.25) is 0 Å². The van der Waals surface area contributed by atoms with Gasteiger partial charge in [-0.15, -0.1) is 0 Å². The lowest BCUT2D eigenvalue weighted by Gasteiger charge is -2.02. The fraction of sp³-hybridized carbons (Fsp3) is 0.182. The molecule has 0 unspecified atom stereocenters. The zero-order valence-corrected chi connectivity index (χ0v) is 7.56. The smallest absolute Gasteiger partial charge is 0.217 e. The van der Waals surface area contributed by atoms with Gasteiger partial charge in [0.1, 0.15) is 5.76 Å². The van der Waals surface area contributed by atoms with Crippen molar-refractivity contribution in [2.45, 2.75) is 6.42 Å². The van der Waals surface area contributed by atoms with Crippen LogP contribution >= 0.6 is 0 Å². The number of hydrogen-bond acceptors (Lipinski definition) is 3. The molecule has 14 heavy (non-hydrogen) atoms. The second kappa shape index (κ2) is 2.87. The van der Waals surface area contributed by atoms with E-state index in [0.717, 1.165) is 35.8 Å². The Hall–Kier alpha value is -1.77. The molecule has 0 bridgehead atoms. The zero-order valence-electron chi connectivity index (χ0n) is 7.56. The molecule has 0 amide bonds. The molecule has 70 valence electrons. The van der Waals surface area contributed by atoms with Gasteiger partial charge in [-0.2, -0.15) is 0 Å². The van der Waals surface area contributed by atoms with Crippen LogP contribution in [-0.4, -0.2) is 11.6 Å².